The van der Waals surface area contributed by atoms with Gasteiger partial charge in [0.1, 0.15) is 13.2 Å². The van der Waals surface area contributed by atoms with Crippen LogP contribution in [0.3, 0.4) is 0 Å². The molecule has 0 atom stereocenters. The van der Waals surface area contributed by atoms with Gasteiger partial charge in [0.2, 0.25) is 5.91 Å². The summed E-state index contributed by atoms with van der Waals surface area (Å²) in [6.07, 6.45) is 4.63. The number of ether oxygens (including phenoxy) is 2. The molecule has 140 valence electrons. The van der Waals surface area contributed by atoms with Crippen LogP contribution in [0.4, 0.5) is 5.13 Å². The third-order valence-corrected chi connectivity index (χ3v) is 5.52. The lowest BCUT2D eigenvalue weighted by molar-refractivity contribution is -0.122. The Bertz CT molecular complexity index is 790. The van der Waals surface area contributed by atoms with Crippen LogP contribution in [0.25, 0.3) is 11.3 Å². The smallest absolute Gasteiger partial charge is 0.246 e. The minimum atomic E-state index is -0.763. The molecule has 2 heterocycles. The zero-order valence-corrected chi connectivity index (χ0v) is 16.0. The van der Waals surface area contributed by atoms with Crippen LogP contribution in [0.5, 0.6) is 11.5 Å². The van der Waals surface area contributed by atoms with E-state index in [9.17, 15) is 4.79 Å². The molecule has 0 bridgehead atoms. The van der Waals surface area contributed by atoms with Gasteiger partial charge in [-0.1, -0.05) is 19.3 Å². The Morgan fingerprint density at radius 2 is 1.88 bits per heavy atom. The summed E-state index contributed by atoms with van der Waals surface area (Å²) >= 11 is 1.40. The quantitative estimate of drug-likeness (QED) is 0.829. The largest absolute Gasteiger partial charge is 0.486 e. The van der Waals surface area contributed by atoms with Crippen molar-refractivity contribution in [1.82, 2.24) is 4.98 Å². The standard InChI is InChI=1S/C18H21N3O3S.ClH/c19-18(6-2-1-3-7-18)16(22)21-17-20-13(11-25-17)12-4-5-14-15(10-12)24-9-8-23-14;/h4-5,10-11H,1-3,6-9,19H2,(H,20,21,22);1H. The van der Waals surface area contributed by atoms with E-state index in [1.165, 1.54) is 11.3 Å². The first kappa shape index (κ1) is 18.9. The van der Waals surface area contributed by atoms with E-state index in [0.29, 0.717) is 18.3 Å². The Balaban J connectivity index is 0.00000196. The average Bonchev–Trinajstić information content (AvgIpc) is 3.10. The lowest BCUT2D eigenvalue weighted by Gasteiger charge is -2.31. The fourth-order valence-electron chi connectivity index (χ4n) is 3.30. The number of thiazole rings is 1. The van der Waals surface area contributed by atoms with Crippen LogP contribution in [0.2, 0.25) is 0 Å². The van der Waals surface area contributed by atoms with Gasteiger partial charge in [0.15, 0.2) is 16.6 Å². The van der Waals surface area contributed by atoms with E-state index in [4.69, 9.17) is 15.2 Å². The Morgan fingerprint density at radius 3 is 2.65 bits per heavy atom. The zero-order valence-electron chi connectivity index (χ0n) is 14.3. The number of nitrogens with one attached hydrogen (secondary N) is 1. The van der Waals surface area contributed by atoms with Gasteiger partial charge in [-0.25, -0.2) is 4.98 Å². The number of anilines is 1. The fraction of sp³-hybridized carbons (Fsp3) is 0.444. The zero-order chi connectivity index (χ0) is 17.3. The molecule has 2 aromatic rings. The maximum atomic E-state index is 12.5. The SMILES string of the molecule is Cl.NC1(C(=O)Nc2nc(-c3ccc4c(c3)OCCO4)cs2)CCCCC1. The van der Waals surface area contributed by atoms with Gasteiger partial charge in [0.05, 0.1) is 11.2 Å². The van der Waals surface area contributed by atoms with Crippen LogP contribution in [0.1, 0.15) is 32.1 Å². The molecule has 0 unspecified atom stereocenters. The third-order valence-electron chi connectivity index (χ3n) is 4.76. The second-order valence-corrected chi connectivity index (χ2v) is 7.43. The van der Waals surface area contributed by atoms with Crippen molar-refractivity contribution in [1.29, 1.82) is 0 Å². The molecule has 1 amide bonds. The number of halogens is 1. The molecule has 4 rings (SSSR count). The van der Waals surface area contributed by atoms with Crippen LogP contribution >= 0.6 is 23.7 Å². The first-order valence-corrected chi connectivity index (χ1v) is 9.48. The first-order chi connectivity index (χ1) is 12.1. The monoisotopic (exact) mass is 395 g/mol. The van der Waals surface area contributed by atoms with Crippen LogP contribution in [0, 0.1) is 0 Å². The molecule has 1 aromatic carbocycles. The van der Waals surface area contributed by atoms with Gasteiger partial charge in [0, 0.05) is 10.9 Å². The summed E-state index contributed by atoms with van der Waals surface area (Å²) < 4.78 is 11.2. The Labute approximate surface area is 162 Å². The maximum absolute atomic E-state index is 12.5. The highest BCUT2D eigenvalue weighted by Crippen LogP contribution is 2.35. The second-order valence-electron chi connectivity index (χ2n) is 6.57. The van der Waals surface area contributed by atoms with Gasteiger partial charge in [-0.2, -0.15) is 0 Å². The van der Waals surface area contributed by atoms with E-state index in [1.54, 1.807) is 0 Å². The number of carbonyl (C=O) groups is 1. The normalized spacial score (nSPS) is 17.9. The van der Waals surface area contributed by atoms with Gasteiger partial charge in [-0.05, 0) is 31.0 Å². The lowest BCUT2D eigenvalue weighted by Crippen LogP contribution is -2.52. The van der Waals surface area contributed by atoms with Crippen LogP contribution in [0.15, 0.2) is 23.6 Å². The number of hydrogen-bond acceptors (Lipinski definition) is 6. The molecule has 0 radical (unpaired) electrons. The minimum absolute atomic E-state index is 0. The molecule has 8 heteroatoms. The number of benzene rings is 1. The summed E-state index contributed by atoms with van der Waals surface area (Å²) in [6, 6.07) is 5.75. The molecule has 0 spiro atoms. The van der Waals surface area contributed by atoms with Crippen molar-refractivity contribution in [3.05, 3.63) is 23.6 Å². The molecule has 1 fully saturated rings. The Kier molecular flexibility index (Phi) is 5.70. The van der Waals surface area contributed by atoms with Crippen molar-refractivity contribution >= 4 is 34.8 Å². The number of carbonyl (C=O) groups excluding carboxylic acids is 1. The topological polar surface area (TPSA) is 86.5 Å². The van der Waals surface area contributed by atoms with Crippen molar-refractivity contribution in [2.24, 2.45) is 5.73 Å². The van der Waals surface area contributed by atoms with Crippen molar-refractivity contribution in [2.45, 2.75) is 37.6 Å². The Morgan fingerprint density at radius 1 is 1.15 bits per heavy atom. The van der Waals surface area contributed by atoms with E-state index >= 15 is 0 Å². The summed E-state index contributed by atoms with van der Waals surface area (Å²) in [5, 5.41) is 5.39. The van der Waals surface area contributed by atoms with E-state index in [1.807, 2.05) is 23.6 Å². The summed E-state index contributed by atoms with van der Waals surface area (Å²) in [5.41, 5.74) is 7.25. The molecular weight excluding hydrogens is 374 g/mol. The fourth-order valence-corrected chi connectivity index (χ4v) is 4.01. The van der Waals surface area contributed by atoms with Gasteiger partial charge in [0.25, 0.3) is 0 Å². The van der Waals surface area contributed by atoms with Crippen molar-refractivity contribution in [2.75, 3.05) is 18.5 Å². The van der Waals surface area contributed by atoms with E-state index in [2.05, 4.69) is 10.3 Å². The first-order valence-electron chi connectivity index (χ1n) is 8.60. The molecule has 2 aliphatic rings. The summed E-state index contributed by atoms with van der Waals surface area (Å²) in [6.45, 7) is 1.12. The number of aromatic nitrogens is 1. The highest BCUT2D eigenvalue weighted by molar-refractivity contribution is 7.14. The number of amides is 1. The summed E-state index contributed by atoms with van der Waals surface area (Å²) in [5.74, 6) is 1.35. The minimum Gasteiger partial charge on any atom is -0.486 e. The van der Waals surface area contributed by atoms with Crippen LogP contribution in [-0.4, -0.2) is 29.6 Å². The molecule has 6 nitrogen and oxygen atoms in total. The van der Waals surface area contributed by atoms with Gasteiger partial charge in [-0.15, -0.1) is 23.7 Å². The number of nitrogens with two attached hydrogens (primary N) is 1. The molecule has 1 saturated carbocycles. The number of rotatable bonds is 3. The molecular formula is C18H22ClN3O3S. The molecule has 1 aliphatic heterocycles. The summed E-state index contributed by atoms with van der Waals surface area (Å²) in [4.78, 5) is 17.1. The van der Waals surface area contributed by atoms with Crippen molar-refractivity contribution < 1.29 is 14.3 Å². The van der Waals surface area contributed by atoms with Crippen LogP contribution in [-0.2, 0) is 4.79 Å². The van der Waals surface area contributed by atoms with Gasteiger partial charge in [-0.3, -0.25) is 4.79 Å². The number of hydrogen-bond donors (Lipinski definition) is 2. The van der Waals surface area contributed by atoms with Crippen molar-refractivity contribution in [3.8, 4) is 22.8 Å². The number of nitrogens with zero attached hydrogens (tertiary/aromatic N) is 1. The predicted molar refractivity (Wildman–Crippen MR) is 104 cm³/mol. The highest BCUT2D eigenvalue weighted by atomic mass is 35.5. The maximum Gasteiger partial charge on any atom is 0.246 e. The predicted octanol–water partition coefficient (Wildman–Crippen LogP) is 3.60. The molecule has 0 saturated heterocycles. The summed E-state index contributed by atoms with van der Waals surface area (Å²) in [7, 11) is 0. The number of fused-ring (bicyclic) bond motifs is 1. The van der Waals surface area contributed by atoms with E-state index in [-0.39, 0.29) is 18.3 Å². The van der Waals surface area contributed by atoms with E-state index in [0.717, 1.165) is 54.9 Å². The third kappa shape index (κ3) is 3.79. The molecule has 26 heavy (non-hydrogen) atoms. The molecule has 1 aromatic heterocycles. The van der Waals surface area contributed by atoms with Crippen LogP contribution < -0.4 is 20.5 Å². The van der Waals surface area contributed by atoms with Gasteiger partial charge >= 0.3 is 0 Å². The highest BCUT2D eigenvalue weighted by Gasteiger charge is 2.35. The molecule has 1 aliphatic carbocycles. The lowest BCUT2D eigenvalue weighted by atomic mass is 9.82. The van der Waals surface area contributed by atoms with Gasteiger partial charge < -0.3 is 20.5 Å². The van der Waals surface area contributed by atoms with Crippen molar-refractivity contribution in [3.63, 3.8) is 0 Å². The average molecular weight is 396 g/mol. The molecule has 3 N–H and O–H groups in total. The second kappa shape index (κ2) is 7.82. The Hall–Kier alpha value is -1.83. The van der Waals surface area contributed by atoms with E-state index < -0.39 is 5.54 Å².